The quantitative estimate of drug-likeness (QED) is 0.903. The van der Waals surface area contributed by atoms with Crippen LogP contribution in [0.15, 0.2) is 29.0 Å². The third-order valence-corrected chi connectivity index (χ3v) is 3.47. The van der Waals surface area contributed by atoms with Gasteiger partial charge in [-0.15, -0.1) is 0 Å². The summed E-state index contributed by atoms with van der Waals surface area (Å²) < 4.78 is 7.01. The van der Waals surface area contributed by atoms with Crippen LogP contribution in [0.4, 0.5) is 5.69 Å². The van der Waals surface area contributed by atoms with Crippen molar-refractivity contribution in [1.82, 2.24) is 14.7 Å². The smallest absolute Gasteiger partial charge is 0.277 e. The summed E-state index contributed by atoms with van der Waals surface area (Å²) in [4.78, 5) is 14.4. The first-order valence-electron chi connectivity index (χ1n) is 6.85. The van der Waals surface area contributed by atoms with Crippen molar-refractivity contribution in [3.8, 4) is 0 Å². The van der Waals surface area contributed by atoms with Crippen LogP contribution in [0.1, 0.15) is 36.0 Å². The van der Waals surface area contributed by atoms with E-state index in [1.807, 2.05) is 19.1 Å². The van der Waals surface area contributed by atoms with Crippen LogP contribution in [0.25, 0.3) is 0 Å². The topological polar surface area (TPSA) is 77.3 Å². The minimum absolute atomic E-state index is 0.117. The van der Waals surface area contributed by atoms with E-state index < -0.39 is 0 Å². The van der Waals surface area contributed by atoms with E-state index in [4.69, 9.17) is 10.2 Å². The summed E-state index contributed by atoms with van der Waals surface area (Å²) in [6, 6.07) is 3.97. The van der Waals surface area contributed by atoms with Crippen LogP contribution in [0.2, 0.25) is 0 Å². The third-order valence-electron chi connectivity index (χ3n) is 3.47. The van der Waals surface area contributed by atoms with Gasteiger partial charge in [-0.3, -0.25) is 9.48 Å². The molecular formula is C14H18N4O2. The van der Waals surface area contributed by atoms with Crippen molar-refractivity contribution in [3.05, 3.63) is 36.0 Å². The molecular weight excluding hydrogens is 256 g/mol. The number of hydrogen-bond donors (Lipinski definition) is 1. The molecule has 1 fully saturated rings. The molecule has 3 rings (SSSR count). The van der Waals surface area contributed by atoms with Gasteiger partial charge in [0.2, 0.25) is 0 Å². The number of carbonyl (C=O) groups excluding carboxylic acids is 1. The van der Waals surface area contributed by atoms with Crippen molar-refractivity contribution >= 4 is 11.6 Å². The molecule has 0 bridgehead atoms. The van der Waals surface area contributed by atoms with Crippen LogP contribution in [0.5, 0.6) is 0 Å². The molecule has 0 radical (unpaired) electrons. The fourth-order valence-corrected chi connectivity index (χ4v) is 2.22. The summed E-state index contributed by atoms with van der Waals surface area (Å²) >= 11 is 0. The normalized spacial score (nSPS) is 14.4. The minimum Gasteiger partial charge on any atom is -0.467 e. The number of aromatic nitrogens is 2. The maximum absolute atomic E-state index is 12.6. The van der Waals surface area contributed by atoms with Crippen molar-refractivity contribution in [1.29, 1.82) is 0 Å². The monoisotopic (exact) mass is 274 g/mol. The lowest BCUT2D eigenvalue weighted by Crippen LogP contribution is -2.33. The molecule has 1 amide bonds. The summed E-state index contributed by atoms with van der Waals surface area (Å²) in [7, 11) is 0. The minimum atomic E-state index is -0.117. The zero-order valence-corrected chi connectivity index (χ0v) is 11.5. The Bertz CT molecular complexity index is 599. The summed E-state index contributed by atoms with van der Waals surface area (Å²) in [6.45, 7) is 3.12. The highest BCUT2D eigenvalue weighted by molar-refractivity contribution is 5.97. The second-order valence-corrected chi connectivity index (χ2v) is 5.03. The molecule has 0 aliphatic heterocycles. The van der Waals surface area contributed by atoms with Gasteiger partial charge in [0.05, 0.1) is 18.5 Å². The molecule has 2 N–H and O–H groups in total. The van der Waals surface area contributed by atoms with Crippen LogP contribution in [-0.2, 0) is 13.1 Å². The average Bonchev–Trinajstić information content (AvgIpc) is 3.01. The highest BCUT2D eigenvalue weighted by atomic mass is 16.3. The molecule has 0 aromatic carbocycles. The van der Waals surface area contributed by atoms with Crippen molar-refractivity contribution < 1.29 is 9.21 Å². The highest BCUT2D eigenvalue weighted by Gasteiger charge is 2.35. The Morgan fingerprint density at radius 3 is 2.95 bits per heavy atom. The summed E-state index contributed by atoms with van der Waals surface area (Å²) in [5.41, 5.74) is 6.67. The first kappa shape index (κ1) is 12.8. The van der Waals surface area contributed by atoms with E-state index in [-0.39, 0.29) is 11.9 Å². The van der Waals surface area contributed by atoms with Gasteiger partial charge in [0, 0.05) is 18.8 Å². The predicted molar refractivity (Wildman–Crippen MR) is 73.9 cm³/mol. The van der Waals surface area contributed by atoms with Gasteiger partial charge >= 0.3 is 0 Å². The summed E-state index contributed by atoms with van der Waals surface area (Å²) in [6.07, 6.45) is 5.37. The summed E-state index contributed by atoms with van der Waals surface area (Å²) in [5.74, 6) is 0.660. The number of furan rings is 1. The lowest BCUT2D eigenvalue weighted by molar-refractivity contribution is 0.0711. The van der Waals surface area contributed by atoms with E-state index in [2.05, 4.69) is 5.10 Å². The van der Waals surface area contributed by atoms with E-state index in [1.165, 1.54) is 0 Å². The van der Waals surface area contributed by atoms with E-state index in [0.29, 0.717) is 24.5 Å². The number of nitrogens with zero attached hydrogens (tertiary/aromatic N) is 3. The first-order chi connectivity index (χ1) is 9.69. The van der Waals surface area contributed by atoms with Crippen LogP contribution in [0.3, 0.4) is 0 Å². The first-order valence-corrected chi connectivity index (χ1v) is 6.85. The Morgan fingerprint density at radius 1 is 1.60 bits per heavy atom. The van der Waals surface area contributed by atoms with Crippen molar-refractivity contribution in [2.75, 3.05) is 5.73 Å². The standard InChI is InChI=1S/C14H18N4O2/c1-2-17-9-12(15)13(16-17)14(19)18(10-5-6-10)8-11-4-3-7-20-11/h3-4,7,9-10H,2,5-6,8,15H2,1H3. The second kappa shape index (κ2) is 5.03. The molecule has 2 aromatic rings. The van der Waals surface area contributed by atoms with E-state index in [0.717, 1.165) is 18.6 Å². The average molecular weight is 274 g/mol. The Hall–Kier alpha value is -2.24. The number of aryl methyl sites for hydroxylation is 1. The largest absolute Gasteiger partial charge is 0.467 e. The fourth-order valence-electron chi connectivity index (χ4n) is 2.22. The molecule has 2 aromatic heterocycles. The zero-order chi connectivity index (χ0) is 14.1. The predicted octanol–water partition coefficient (Wildman–Crippen LogP) is 1.88. The van der Waals surface area contributed by atoms with Gasteiger partial charge in [0.1, 0.15) is 5.76 Å². The molecule has 0 unspecified atom stereocenters. The lowest BCUT2D eigenvalue weighted by Gasteiger charge is -2.20. The highest BCUT2D eigenvalue weighted by Crippen LogP contribution is 2.30. The molecule has 20 heavy (non-hydrogen) atoms. The van der Waals surface area contributed by atoms with E-state index >= 15 is 0 Å². The van der Waals surface area contributed by atoms with Gasteiger partial charge in [-0.05, 0) is 31.9 Å². The lowest BCUT2D eigenvalue weighted by atomic mass is 10.3. The van der Waals surface area contributed by atoms with Crippen molar-refractivity contribution in [3.63, 3.8) is 0 Å². The number of carbonyl (C=O) groups is 1. The summed E-state index contributed by atoms with van der Waals surface area (Å²) in [5, 5.41) is 4.26. The molecule has 6 nitrogen and oxygen atoms in total. The molecule has 106 valence electrons. The zero-order valence-electron chi connectivity index (χ0n) is 11.5. The fraction of sp³-hybridized carbons (Fsp3) is 0.429. The molecule has 2 heterocycles. The second-order valence-electron chi connectivity index (χ2n) is 5.03. The van der Waals surface area contributed by atoms with Crippen LogP contribution in [0, 0.1) is 0 Å². The number of nitrogens with two attached hydrogens (primary N) is 1. The molecule has 1 aliphatic carbocycles. The Labute approximate surface area is 117 Å². The van der Waals surface area contributed by atoms with E-state index in [1.54, 1.807) is 22.0 Å². The Balaban J connectivity index is 1.83. The van der Waals surface area contributed by atoms with Gasteiger partial charge in [-0.1, -0.05) is 0 Å². The molecule has 1 aliphatic rings. The van der Waals surface area contributed by atoms with Gasteiger partial charge in [-0.25, -0.2) is 0 Å². The van der Waals surface area contributed by atoms with Gasteiger partial charge in [-0.2, -0.15) is 5.10 Å². The van der Waals surface area contributed by atoms with Crippen LogP contribution < -0.4 is 5.73 Å². The number of rotatable bonds is 5. The maximum atomic E-state index is 12.6. The third kappa shape index (κ3) is 2.41. The van der Waals surface area contributed by atoms with E-state index in [9.17, 15) is 4.79 Å². The van der Waals surface area contributed by atoms with Gasteiger partial charge in [0.25, 0.3) is 5.91 Å². The van der Waals surface area contributed by atoms with Gasteiger partial charge in [0.15, 0.2) is 5.69 Å². The molecule has 6 heteroatoms. The van der Waals surface area contributed by atoms with Gasteiger partial charge < -0.3 is 15.1 Å². The molecule has 0 atom stereocenters. The Kier molecular flexibility index (Phi) is 3.22. The van der Waals surface area contributed by atoms with Crippen LogP contribution >= 0.6 is 0 Å². The number of nitrogen functional groups attached to an aromatic ring is 1. The van der Waals surface area contributed by atoms with Crippen molar-refractivity contribution in [2.24, 2.45) is 0 Å². The van der Waals surface area contributed by atoms with Crippen LogP contribution in [-0.4, -0.2) is 26.6 Å². The molecule has 0 spiro atoms. The number of hydrogen-bond acceptors (Lipinski definition) is 4. The number of anilines is 1. The SMILES string of the molecule is CCn1cc(N)c(C(=O)N(Cc2ccco2)C2CC2)n1. The Morgan fingerprint density at radius 2 is 2.40 bits per heavy atom. The molecule has 0 saturated heterocycles. The number of amides is 1. The van der Waals surface area contributed by atoms with Crippen molar-refractivity contribution in [2.45, 2.75) is 38.9 Å². The molecule has 1 saturated carbocycles. The maximum Gasteiger partial charge on any atom is 0.277 e.